The summed E-state index contributed by atoms with van der Waals surface area (Å²) in [4.78, 5) is 23.0. The van der Waals surface area contributed by atoms with Gasteiger partial charge in [-0.3, -0.25) is 4.79 Å². The molecule has 0 aromatic heterocycles. The number of carboxylic acid groups (broad SMARTS) is 1. The average Bonchev–Trinajstić information content (AvgIpc) is 2.61. The molecule has 92 valence electrons. The Bertz CT molecular complexity index is 274. The zero-order valence-electron chi connectivity index (χ0n) is 9.65. The number of carbonyl (C=O) groups is 2. The van der Waals surface area contributed by atoms with E-state index in [9.17, 15) is 9.59 Å². The van der Waals surface area contributed by atoms with Gasteiger partial charge in [0.2, 0.25) is 0 Å². The summed E-state index contributed by atoms with van der Waals surface area (Å²) in [7, 11) is 1.45. The number of likely N-dealkylation sites (N-methyl/N-ethyl adjacent to an activating group) is 1. The highest BCUT2D eigenvalue weighted by Crippen LogP contribution is 2.23. The number of nitrogens with zero attached hydrogens (tertiary/aromatic N) is 1. The van der Waals surface area contributed by atoms with E-state index in [4.69, 9.17) is 9.84 Å². The van der Waals surface area contributed by atoms with E-state index in [0.29, 0.717) is 6.54 Å². The Morgan fingerprint density at radius 3 is 2.75 bits per heavy atom. The smallest absolute Gasteiger partial charge is 0.323 e. The topological polar surface area (TPSA) is 78.9 Å². The number of nitrogens with one attached hydrogen (secondary N) is 1. The van der Waals surface area contributed by atoms with Gasteiger partial charge in [0.15, 0.2) is 0 Å². The van der Waals surface area contributed by atoms with E-state index in [1.807, 2.05) is 6.92 Å². The minimum absolute atomic E-state index is 0.302. The molecular weight excluding hydrogens is 212 g/mol. The van der Waals surface area contributed by atoms with Crippen LogP contribution in [0.5, 0.6) is 0 Å². The molecule has 1 unspecified atom stereocenters. The standard InChI is InChI=1S/C10H18N2O4/c1-10(4-3-5-16-10)7-11-9(15)12(2)6-8(13)14/h3-7H2,1-2H3,(H,11,15)(H,13,14). The maximum atomic E-state index is 11.5. The normalized spacial score (nSPS) is 24.1. The summed E-state index contributed by atoms with van der Waals surface area (Å²) in [5.41, 5.74) is -0.306. The van der Waals surface area contributed by atoms with Gasteiger partial charge in [0, 0.05) is 20.2 Å². The Balaban J connectivity index is 2.31. The van der Waals surface area contributed by atoms with Crippen LogP contribution in [0, 0.1) is 0 Å². The second kappa shape index (κ2) is 5.16. The minimum atomic E-state index is -1.03. The third-order valence-electron chi connectivity index (χ3n) is 2.63. The van der Waals surface area contributed by atoms with Crippen LogP contribution in [-0.2, 0) is 9.53 Å². The number of hydrogen-bond acceptors (Lipinski definition) is 3. The van der Waals surface area contributed by atoms with E-state index in [0.717, 1.165) is 24.3 Å². The second-order valence-electron chi connectivity index (χ2n) is 4.31. The summed E-state index contributed by atoms with van der Waals surface area (Å²) in [5.74, 6) is -1.03. The van der Waals surface area contributed by atoms with E-state index in [-0.39, 0.29) is 18.2 Å². The molecular formula is C10H18N2O4. The first-order valence-electron chi connectivity index (χ1n) is 5.28. The summed E-state index contributed by atoms with van der Waals surface area (Å²) in [5, 5.41) is 11.2. The Kier molecular flexibility index (Phi) is 4.12. The first kappa shape index (κ1) is 12.8. The Hall–Kier alpha value is -1.30. The Morgan fingerprint density at radius 2 is 2.25 bits per heavy atom. The molecule has 1 fully saturated rings. The highest BCUT2D eigenvalue weighted by atomic mass is 16.5. The molecule has 1 aliphatic rings. The van der Waals surface area contributed by atoms with Crippen molar-refractivity contribution < 1.29 is 19.4 Å². The molecule has 2 amide bonds. The molecule has 16 heavy (non-hydrogen) atoms. The summed E-state index contributed by atoms with van der Waals surface area (Å²) in [6.45, 7) is 2.77. The molecule has 6 nitrogen and oxygen atoms in total. The fourth-order valence-electron chi connectivity index (χ4n) is 1.65. The van der Waals surface area contributed by atoms with Crippen molar-refractivity contribution in [2.75, 3.05) is 26.7 Å². The van der Waals surface area contributed by atoms with E-state index in [2.05, 4.69) is 5.32 Å². The highest BCUT2D eigenvalue weighted by Gasteiger charge is 2.30. The van der Waals surface area contributed by atoms with Gasteiger partial charge in [0.05, 0.1) is 5.60 Å². The summed E-state index contributed by atoms with van der Waals surface area (Å²) in [6.07, 6.45) is 1.91. The van der Waals surface area contributed by atoms with Crippen LogP contribution in [0.4, 0.5) is 4.79 Å². The van der Waals surface area contributed by atoms with Gasteiger partial charge in [-0.1, -0.05) is 0 Å². The zero-order chi connectivity index (χ0) is 12.2. The van der Waals surface area contributed by atoms with Gasteiger partial charge in [-0.25, -0.2) is 4.79 Å². The van der Waals surface area contributed by atoms with Crippen LogP contribution in [0.15, 0.2) is 0 Å². The van der Waals surface area contributed by atoms with Gasteiger partial charge >= 0.3 is 12.0 Å². The first-order valence-corrected chi connectivity index (χ1v) is 5.28. The molecule has 6 heteroatoms. The molecule has 0 saturated carbocycles. The van der Waals surface area contributed by atoms with Gasteiger partial charge in [-0.2, -0.15) is 0 Å². The van der Waals surface area contributed by atoms with E-state index in [1.54, 1.807) is 0 Å². The lowest BCUT2D eigenvalue weighted by Gasteiger charge is -2.25. The fraction of sp³-hybridized carbons (Fsp3) is 0.800. The van der Waals surface area contributed by atoms with Gasteiger partial charge in [0.1, 0.15) is 6.54 Å². The van der Waals surface area contributed by atoms with Crippen LogP contribution >= 0.6 is 0 Å². The average molecular weight is 230 g/mol. The number of carbonyl (C=O) groups excluding carboxylic acids is 1. The predicted molar refractivity (Wildman–Crippen MR) is 57.3 cm³/mol. The predicted octanol–water partition coefficient (Wildman–Crippen LogP) is 0.281. The molecule has 0 aromatic rings. The lowest BCUT2D eigenvalue weighted by molar-refractivity contribution is -0.137. The van der Waals surface area contributed by atoms with E-state index in [1.165, 1.54) is 7.05 Å². The number of aliphatic carboxylic acids is 1. The number of amides is 2. The zero-order valence-corrected chi connectivity index (χ0v) is 9.65. The number of urea groups is 1. The lowest BCUT2D eigenvalue weighted by Crippen LogP contribution is -2.46. The minimum Gasteiger partial charge on any atom is -0.480 e. The van der Waals surface area contributed by atoms with Crippen molar-refractivity contribution >= 4 is 12.0 Å². The van der Waals surface area contributed by atoms with Crippen LogP contribution in [0.1, 0.15) is 19.8 Å². The number of hydrogen-bond donors (Lipinski definition) is 2. The molecule has 1 atom stereocenters. The maximum Gasteiger partial charge on any atom is 0.323 e. The van der Waals surface area contributed by atoms with Gasteiger partial charge < -0.3 is 20.1 Å². The molecule has 0 spiro atoms. The maximum absolute atomic E-state index is 11.5. The quantitative estimate of drug-likeness (QED) is 0.727. The van der Waals surface area contributed by atoms with Crippen molar-refractivity contribution in [3.05, 3.63) is 0 Å². The van der Waals surface area contributed by atoms with Crippen molar-refractivity contribution in [3.63, 3.8) is 0 Å². The first-order chi connectivity index (χ1) is 7.43. The highest BCUT2D eigenvalue weighted by molar-refractivity contribution is 5.79. The van der Waals surface area contributed by atoms with Crippen molar-refractivity contribution in [2.45, 2.75) is 25.4 Å². The van der Waals surface area contributed by atoms with Crippen molar-refractivity contribution in [1.82, 2.24) is 10.2 Å². The van der Waals surface area contributed by atoms with Crippen LogP contribution in [0.2, 0.25) is 0 Å². The molecule has 2 N–H and O–H groups in total. The fourth-order valence-corrected chi connectivity index (χ4v) is 1.65. The number of ether oxygens (including phenoxy) is 1. The Labute approximate surface area is 94.6 Å². The van der Waals surface area contributed by atoms with Crippen molar-refractivity contribution in [3.8, 4) is 0 Å². The summed E-state index contributed by atoms with van der Waals surface area (Å²) >= 11 is 0. The molecule has 1 aliphatic heterocycles. The number of carboxylic acids is 1. The monoisotopic (exact) mass is 230 g/mol. The molecule has 1 heterocycles. The Morgan fingerprint density at radius 1 is 1.56 bits per heavy atom. The summed E-state index contributed by atoms with van der Waals surface area (Å²) in [6, 6.07) is -0.390. The van der Waals surface area contributed by atoms with Crippen molar-refractivity contribution in [1.29, 1.82) is 0 Å². The van der Waals surface area contributed by atoms with E-state index < -0.39 is 5.97 Å². The van der Waals surface area contributed by atoms with Crippen LogP contribution < -0.4 is 5.32 Å². The molecule has 0 aliphatic carbocycles. The van der Waals surface area contributed by atoms with Crippen molar-refractivity contribution in [2.24, 2.45) is 0 Å². The molecule has 0 aromatic carbocycles. The second-order valence-corrected chi connectivity index (χ2v) is 4.31. The lowest BCUT2D eigenvalue weighted by atomic mass is 10.0. The van der Waals surface area contributed by atoms with E-state index >= 15 is 0 Å². The molecule has 0 radical (unpaired) electrons. The summed E-state index contributed by atoms with van der Waals surface area (Å²) < 4.78 is 5.50. The number of rotatable bonds is 4. The molecule has 1 saturated heterocycles. The molecule has 0 bridgehead atoms. The SMILES string of the molecule is CN(CC(=O)O)C(=O)NCC1(C)CCCO1. The van der Waals surface area contributed by atoms with Gasteiger partial charge in [-0.05, 0) is 19.8 Å². The van der Waals surface area contributed by atoms with Gasteiger partial charge in [-0.15, -0.1) is 0 Å². The largest absolute Gasteiger partial charge is 0.480 e. The third kappa shape index (κ3) is 3.69. The van der Waals surface area contributed by atoms with Crippen LogP contribution in [0.3, 0.4) is 0 Å². The van der Waals surface area contributed by atoms with Crippen LogP contribution in [-0.4, -0.2) is 54.4 Å². The molecule has 1 rings (SSSR count). The third-order valence-corrected chi connectivity index (χ3v) is 2.63. The van der Waals surface area contributed by atoms with Gasteiger partial charge in [0.25, 0.3) is 0 Å². The van der Waals surface area contributed by atoms with Crippen LogP contribution in [0.25, 0.3) is 0 Å².